The van der Waals surface area contributed by atoms with E-state index in [1.807, 2.05) is 6.07 Å². The highest BCUT2D eigenvalue weighted by Gasteiger charge is 2.42. The minimum atomic E-state index is -1.26. The first-order chi connectivity index (χ1) is 20.6. The van der Waals surface area contributed by atoms with Crippen molar-refractivity contribution in [3.8, 4) is 17.4 Å². The summed E-state index contributed by atoms with van der Waals surface area (Å²) in [5.41, 5.74) is 7.06. The Bertz CT molecular complexity index is 1900. The molecule has 2 aromatic heterocycles. The summed E-state index contributed by atoms with van der Waals surface area (Å²) in [5.74, 6) is 0.209. The predicted molar refractivity (Wildman–Crippen MR) is 167 cm³/mol. The van der Waals surface area contributed by atoms with Crippen molar-refractivity contribution >= 4 is 45.2 Å². The second-order valence-electron chi connectivity index (χ2n) is 11.5. The van der Waals surface area contributed by atoms with E-state index in [4.69, 9.17) is 9.68 Å². The molecule has 2 aliphatic rings. The van der Waals surface area contributed by atoms with Gasteiger partial charge in [0, 0.05) is 63.3 Å². The number of aromatic nitrogens is 1. The molecular weight excluding hydrogens is 522 g/mol. The molecule has 2 atom stereocenters. The van der Waals surface area contributed by atoms with Crippen LogP contribution in [0.25, 0.3) is 39.2 Å². The first-order valence-electron chi connectivity index (χ1n) is 15.0. The molecule has 1 aliphatic heterocycles. The van der Waals surface area contributed by atoms with Crippen LogP contribution < -0.4 is 4.90 Å². The van der Waals surface area contributed by atoms with Crippen molar-refractivity contribution in [2.24, 2.45) is 0 Å². The van der Waals surface area contributed by atoms with Crippen LogP contribution in [0.5, 0.6) is 0 Å². The molecule has 1 fully saturated rings. The molecule has 5 aromatic rings. The Morgan fingerprint density at radius 2 is 1.88 bits per heavy atom. The van der Waals surface area contributed by atoms with Gasteiger partial charge < -0.3 is 19.0 Å². The van der Waals surface area contributed by atoms with E-state index in [1.54, 1.807) is 12.1 Å². The van der Waals surface area contributed by atoms with Gasteiger partial charge in [-0.25, -0.2) is 4.79 Å². The summed E-state index contributed by atoms with van der Waals surface area (Å²) in [6.45, 7) is 3.29. The Hall–Kier alpha value is -4.76. The minimum Gasteiger partial charge on any atom is -0.477 e. The molecule has 0 radical (unpaired) electrons. The summed E-state index contributed by atoms with van der Waals surface area (Å²) >= 11 is 0. The van der Waals surface area contributed by atoms with Crippen LogP contribution in [0.4, 0.5) is 11.4 Å². The molecule has 0 saturated heterocycles. The highest BCUT2D eigenvalue weighted by molar-refractivity contribution is 6.09. The monoisotopic (exact) mass is 555 g/mol. The number of carboxylic acid groups (broad SMARTS) is 1. The summed E-state index contributed by atoms with van der Waals surface area (Å²) in [5, 5.41) is 20.9. The van der Waals surface area contributed by atoms with Crippen molar-refractivity contribution < 1.29 is 14.3 Å². The van der Waals surface area contributed by atoms with Gasteiger partial charge in [-0.1, -0.05) is 44.4 Å². The number of aliphatic carboxylic acids is 1. The second kappa shape index (κ2) is 10.6. The van der Waals surface area contributed by atoms with Crippen LogP contribution in [0.2, 0.25) is 0 Å². The largest absolute Gasteiger partial charge is 0.477 e. The number of furan rings is 1. The molecule has 7 rings (SSSR count). The number of rotatable bonds is 8. The number of unbranched alkanes of at least 4 members (excludes halogenated alkanes) is 2. The van der Waals surface area contributed by atoms with Crippen LogP contribution in [0, 0.1) is 11.3 Å². The number of carbonyl (C=O) groups is 1. The van der Waals surface area contributed by atoms with Crippen molar-refractivity contribution in [3.63, 3.8) is 0 Å². The zero-order chi connectivity index (χ0) is 28.8. The molecule has 0 bridgehead atoms. The highest BCUT2D eigenvalue weighted by atomic mass is 16.4. The van der Waals surface area contributed by atoms with E-state index in [0.29, 0.717) is 23.5 Å². The number of benzene rings is 3. The number of fused-ring (bicyclic) bond motifs is 6. The fraction of sp³-hybridized carbons (Fsp3) is 0.278. The summed E-state index contributed by atoms with van der Waals surface area (Å²) in [7, 11) is 0. The van der Waals surface area contributed by atoms with Crippen LogP contribution in [-0.4, -0.2) is 21.7 Å². The van der Waals surface area contributed by atoms with Gasteiger partial charge in [0.1, 0.15) is 23.2 Å². The number of nitrogens with zero attached hydrogens (tertiary/aromatic N) is 3. The molecule has 1 saturated carbocycles. The number of hydrogen-bond donors (Lipinski definition) is 1. The summed E-state index contributed by atoms with van der Waals surface area (Å²) in [6, 6.07) is 28.0. The van der Waals surface area contributed by atoms with Gasteiger partial charge in [0.15, 0.2) is 0 Å². The van der Waals surface area contributed by atoms with Crippen LogP contribution in [0.15, 0.2) is 82.8 Å². The van der Waals surface area contributed by atoms with E-state index in [2.05, 4.69) is 77.1 Å². The molecule has 42 heavy (non-hydrogen) atoms. The van der Waals surface area contributed by atoms with Crippen molar-refractivity contribution in [1.29, 1.82) is 5.26 Å². The molecule has 210 valence electrons. The number of nitriles is 1. The minimum absolute atomic E-state index is 0.352. The first kappa shape index (κ1) is 26.2. The van der Waals surface area contributed by atoms with E-state index in [0.717, 1.165) is 24.9 Å². The molecule has 6 nitrogen and oxygen atoms in total. The Morgan fingerprint density at radius 3 is 2.71 bits per heavy atom. The van der Waals surface area contributed by atoms with Crippen LogP contribution in [0.3, 0.4) is 0 Å². The van der Waals surface area contributed by atoms with Gasteiger partial charge in [0.2, 0.25) is 0 Å². The van der Waals surface area contributed by atoms with Crippen LogP contribution in [0.1, 0.15) is 62.7 Å². The van der Waals surface area contributed by atoms with Crippen molar-refractivity contribution in [1.82, 2.24) is 4.57 Å². The van der Waals surface area contributed by atoms with E-state index in [-0.39, 0.29) is 5.57 Å². The maximum atomic E-state index is 11.2. The van der Waals surface area contributed by atoms with Crippen LogP contribution in [-0.2, 0) is 11.3 Å². The Labute approximate surface area is 245 Å². The molecule has 3 aromatic carbocycles. The zero-order valence-corrected chi connectivity index (χ0v) is 23.7. The lowest BCUT2D eigenvalue weighted by Crippen LogP contribution is -2.26. The molecule has 1 N–H and O–H groups in total. The maximum Gasteiger partial charge on any atom is 0.346 e. The Balaban J connectivity index is 1.27. The lowest BCUT2D eigenvalue weighted by molar-refractivity contribution is -0.132. The van der Waals surface area contributed by atoms with E-state index < -0.39 is 5.97 Å². The third kappa shape index (κ3) is 4.28. The van der Waals surface area contributed by atoms with Gasteiger partial charge in [0.05, 0.1) is 0 Å². The normalized spacial score (nSPS) is 18.0. The molecule has 1 aliphatic carbocycles. The fourth-order valence-electron chi connectivity index (χ4n) is 7.17. The SMILES string of the molecule is CCCCCn1c2ccccc2c2cc(N3c4ccc(-c5ccc(/C=C(/C#N)C(=O)O)o5)cc4C4CCCC43)ccc21. The molecule has 2 unspecified atom stereocenters. The number of aryl methyl sites for hydroxylation is 1. The Kier molecular flexibility index (Phi) is 6.59. The molecule has 0 spiro atoms. The van der Waals surface area contributed by atoms with Crippen LogP contribution >= 0.6 is 0 Å². The maximum absolute atomic E-state index is 11.2. The summed E-state index contributed by atoms with van der Waals surface area (Å²) in [6.07, 6.45) is 8.43. The average Bonchev–Trinajstić information content (AvgIpc) is 3.79. The van der Waals surface area contributed by atoms with Crippen molar-refractivity contribution in [3.05, 3.63) is 89.7 Å². The lowest BCUT2D eigenvalue weighted by Gasteiger charge is -2.27. The topological polar surface area (TPSA) is 82.4 Å². The molecule has 6 heteroatoms. The quantitative estimate of drug-likeness (QED) is 0.117. The van der Waals surface area contributed by atoms with Gasteiger partial charge in [-0.05, 0) is 79.4 Å². The average molecular weight is 556 g/mol. The second-order valence-corrected chi connectivity index (χ2v) is 11.5. The van der Waals surface area contributed by atoms with Gasteiger partial charge in [-0.15, -0.1) is 0 Å². The summed E-state index contributed by atoms with van der Waals surface area (Å²) in [4.78, 5) is 13.8. The number of hydrogen-bond acceptors (Lipinski definition) is 4. The van der Waals surface area contributed by atoms with E-state index in [1.165, 1.54) is 70.5 Å². The van der Waals surface area contributed by atoms with Gasteiger partial charge in [0.25, 0.3) is 0 Å². The number of anilines is 2. The van der Waals surface area contributed by atoms with E-state index >= 15 is 0 Å². The molecule has 0 amide bonds. The number of carboxylic acids is 1. The van der Waals surface area contributed by atoms with E-state index in [9.17, 15) is 9.90 Å². The smallest absolute Gasteiger partial charge is 0.346 e. The van der Waals surface area contributed by atoms with Crippen molar-refractivity contribution in [2.75, 3.05) is 4.90 Å². The lowest BCUT2D eigenvalue weighted by atomic mass is 9.95. The zero-order valence-electron chi connectivity index (χ0n) is 23.7. The first-order valence-corrected chi connectivity index (χ1v) is 15.0. The summed E-state index contributed by atoms with van der Waals surface area (Å²) < 4.78 is 8.45. The van der Waals surface area contributed by atoms with Gasteiger partial charge in [-0.2, -0.15) is 5.26 Å². The van der Waals surface area contributed by atoms with Gasteiger partial charge >= 0.3 is 5.97 Å². The third-order valence-corrected chi connectivity index (χ3v) is 9.07. The highest BCUT2D eigenvalue weighted by Crippen LogP contribution is 2.53. The Morgan fingerprint density at radius 1 is 1.02 bits per heavy atom. The third-order valence-electron chi connectivity index (χ3n) is 9.07. The fourth-order valence-corrected chi connectivity index (χ4v) is 7.17. The van der Waals surface area contributed by atoms with Crippen molar-refractivity contribution in [2.45, 2.75) is 64.0 Å². The van der Waals surface area contributed by atoms with Gasteiger partial charge in [-0.3, -0.25) is 0 Å². The molecular formula is C36H33N3O3. The molecule has 3 heterocycles. The standard InChI is InChI=1S/C36H33N3O3/c1-2-3-6-18-38-31-10-5-4-8-27(31)30-21-25(13-16-32(30)38)39-33-11-7-9-28(33)29-20-23(12-15-34(29)39)35-17-14-26(42-35)19-24(22-37)36(40)41/h4-5,8,10,12-17,19-21,28,33H,2-3,6-7,9,11,18H2,1H3,(H,40,41)/b24-19-. The predicted octanol–water partition coefficient (Wildman–Crippen LogP) is 9.02. The number of para-hydroxylation sites is 1.